The van der Waals surface area contributed by atoms with Crippen LogP contribution in [0.4, 0.5) is 14.5 Å². The van der Waals surface area contributed by atoms with Gasteiger partial charge in [0.15, 0.2) is 0 Å². The molecule has 114 valence electrons. The van der Waals surface area contributed by atoms with Gasteiger partial charge in [0.05, 0.1) is 17.4 Å². The van der Waals surface area contributed by atoms with Gasteiger partial charge >= 0.3 is 0 Å². The minimum atomic E-state index is -2.59. The number of alkyl halides is 2. The van der Waals surface area contributed by atoms with E-state index in [9.17, 15) is 13.0 Å². The second-order valence-corrected chi connectivity index (χ2v) is 6.06. The lowest BCUT2D eigenvalue weighted by Gasteiger charge is -2.29. The Balaban J connectivity index is 1.81. The maximum absolute atomic E-state index is 13.2. The van der Waals surface area contributed by atoms with Crippen LogP contribution < -0.4 is 15.2 Å². The molecular formula is C13H15F2N3O2S. The zero-order chi connectivity index (χ0) is 15.0. The minimum absolute atomic E-state index is 0.124. The molecule has 0 saturated heterocycles. The van der Waals surface area contributed by atoms with E-state index < -0.39 is 17.1 Å². The first-order chi connectivity index (χ1) is 9.94. The molecule has 1 saturated carbocycles. The van der Waals surface area contributed by atoms with Gasteiger partial charge in [-0.25, -0.2) is 13.0 Å². The second-order valence-electron chi connectivity index (χ2n) is 5.18. The van der Waals surface area contributed by atoms with Crippen molar-refractivity contribution in [2.24, 2.45) is 10.1 Å². The Labute approximate surface area is 123 Å². The first kappa shape index (κ1) is 14.2. The Morgan fingerprint density at radius 2 is 2.10 bits per heavy atom. The van der Waals surface area contributed by atoms with E-state index in [4.69, 9.17) is 10.5 Å². The Morgan fingerprint density at radius 3 is 2.81 bits per heavy atom. The summed E-state index contributed by atoms with van der Waals surface area (Å²) in [6.07, 6.45) is -0.00615. The molecule has 2 aliphatic rings. The van der Waals surface area contributed by atoms with Gasteiger partial charge in [-0.15, -0.1) is 0 Å². The van der Waals surface area contributed by atoms with Gasteiger partial charge < -0.3 is 10.5 Å². The maximum atomic E-state index is 13.2. The molecular weight excluding hydrogens is 300 g/mol. The van der Waals surface area contributed by atoms with Crippen molar-refractivity contribution in [2.45, 2.75) is 37.7 Å². The van der Waals surface area contributed by atoms with E-state index in [2.05, 4.69) is 9.12 Å². The van der Waals surface area contributed by atoms with E-state index in [1.807, 2.05) is 0 Å². The molecule has 1 unspecified atom stereocenters. The highest BCUT2D eigenvalue weighted by molar-refractivity contribution is 7.85. The summed E-state index contributed by atoms with van der Waals surface area (Å²) in [6, 6.07) is 5.16. The normalized spacial score (nSPS) is 24.7. The number of fused-ring (bicyclic) bond motifs is 1. The quantitative estimate of drug-likeness (QED) is 0.879. The van der Waals surface area contributed by atoms with Gasteiger partial charge in [-0.1, -0.05) is 6.07 Å². The predicted molar refractivity (Wildman–Crippen MR) is 76.8 cm³/mol. The van der Waals surface area contributed by atoms with Crippen molar-refractivity contribution in [2.75, 3.05) is 4.72 Å². The molecule has 0 radical (unpaired) electrons. The number of halogens is 2. The van der Waals surface area contributed by atoms with Crippen molar-refractivity contribution in [3.63, 3.8) is 0 Å². The molecule has 0 bridgehead atoms. The number of hydrogen-bond donors (Lipinski definition) is 2. The van der Waals surface area contributed by atoms with E-state index in [-0.39, 0.29) is 24.8 Å². The van der Waals surface area contributed by atoms with Crippen LogP contribution in [0, 0.1) is 0 Å². The first-order valence-electron chi connectivity index (χ1n) is 6.65. The SMILES string of the molecule is NC1=NS(=O)Nc2cccc(OC3CCC(F)(F)CC3)c21. The van der Waals surface area contributed by atoms with Gasteiger partial charge in [0.2, 0.25) is 17.1 Å². The van der Waals surface area contributed by atoms with Crippen molar-refractivity contribution >= 4 is 22.7 Å². The summed E-state index contributed by atoms with van der Waals surface area (Å²) in [5, 5.41) is 0. The van der Waals surface area contributed by atoms with Crippen molar-refractivity contribution < 1.29 is 17.7 Å². The van der Waals surface area contributed by atoms with Gasteiger partial charge in [-0.05, 0) is 25.0 Å². The van der Waals surface area contributed by atoms with Crippen molar-refractivity contribution in [3.8, 4) is 5.75 Å². The summed E-state index contributed by atoms with van der Waals surface area (Å²) >= 11 is -1.60. The van der Waals surface area contributed by atoms with Crippen LogP contribution in [0.25, 0.3) is 0 Å². The monoisotopic (exact) mass is 315 g/mol. The van der Waals surface area contributed by atoms with Crippen molar-refractivity contribution in [1.29, 1.82) is 0 Å². The minimum Gasteiger partial charge on any atom is -0.490 e. The molecule has 3 N–H and O–H groups in total. The third-order valence-corrected chi connectivity index (χ3v) is 4.38. The number of rotatable bonds is 2. The summed E-state index contributed by atoms with van der Waals surface area (Å²) < 4.78 is 50.0. The van der Waals surface area contributed by atoms with E-state index in [1.165, 1.54) is 0 Å². The second kappa shape index (κ2) is 5.25. The number of amidine groups is 1. The first-order valence-corrected chi connectivity index (χ1v) is 7.76. The zero-order valence-electron chi connectivity index (χ0n) is 11.1. The third-order valence-electron chi connectivity index (χ3n) is 3.62. The van der Waals surface area contributed by atoms with Crippen LogP contribution in [0.3, 0.4) is 0 Å². The Hall–Kier alpha value is -1.70. The van der Waals surface area contributed by atoms with E-state index in [0.717, 1.165) is 0 Å². The van der Waals surface area contributed by atoms with Crippen LogP contribution in [0.2, 0.25) is 0 Å². The fourth-order valence-corrected chi connectivity index (χ4v) is 3.22. The Bertz CT molecular complexity index is 611. The predicted octanol–water partition coefficient (Wildman–Crippen LogP) is 2.35. The average molecular weight is 315 g/mol. The highest BCUT2D eigenvalue weighted by Crippen LogP contribution is 2.36. The lowest BCUT2D eigenvalue weighted by atomic mass is 9.94. The molecule has 0 spiro atoms. The van der Waals surface area contributed by atoms with Crippen LogP contribution in [-0.4, -0.2) is 22.1 Å². The lowest BCUT2D eigenvalue weighted by Crippen LogP contribution is -2.32. The molecule has 1 aliphatic heterocycles. The van der Waals surface area contributed by atoms with Crippen LogP contribution >= 0.6 is 0 Å². The molecule has 1 fully saturated rings. The van der Waals surface area contributed by atoms with Crippen LogP contribution in [0.15, 0.2) is 22.6 Å². The highest BCUT2D eigenvalue weighted by atomic mass is 32.2. The summed E-state index contributed by atoms with van der Waals surface area (Å²) in [5.41, 5.74) is 6.91. The molecule has 1 aromatic carbocycles. The van der Waals surface area contributed by atoms with E-state index >= 15 is 0 Å². The zero-order valence-corrected chi connectivity index (χ0v) is 12.0. The van der Waals surface area contributed by atoms with Gasteiger partial charge in [-0.2, -0.15) is 4.40 Å². The van der Waals surface area contributed by atoms with Gasteiger partial charge in [0, 0.05) is 12.8 Å². The topological polar surface area (TPSA) is 76.7 Å². The number of nitrogens with zero attached hydrogens (tertiary/aromatic N) is 1. The molecule has 1 aromatic rings. The lowest BCUT2D eigenvalue weighted by molar-refractivity contribution is -0.0582. The standard InChI is InChI=1S/C13H15F2N3O2S/c14-13(15)6-4-8(5-7-13)20-10-3-1-2-9-11(10)12(16)18-21(19)17-9/h1-3,8,17H,4-7H2,(H2,16,18). The summed E-state index contributed by atoms with van der Waals surface area (Å²) in [7, 11) is 0. The maximum Gasteiger partial charge on any atom is 0.248 e. The fraction of sp³-hybridized carbons (Fsp3) is 0.462. The number of hydrogen-bond acceptors (Lipinski definition) is 3. The molecule has 21 heavy (non-hydrogen) atoms. The summed E-state index contributed by atoms with van der Waals surface area (Å²) in [6.45, 7) is 0. The molecule has 5 nitrogen and oxygen atoms in total. The largest absolute Gasteiger partial charge is 0.490 e. The van der Waals surface area contributed by atoms with Gasteiger partial charge in [-0.3, -0.25) is 4.72 Å². The molecule has 1 heterocycles. The van der Waals surface area contributed by atoms with Crippen molar-refractivity contribution in [3.05, 3.63) is 23.8 Å². The van der Waals surface area contributed by atoms with Crippen molar-refractivity contribution in [1.82, 2.24) is 0 Å². The molecule has 8 heteroatoms. The summed E-state index contributed by atoms with van der Waals surface area (Å²) in [4.78, 5) is 0. The molecule has 3 rings (SSSR count). The smallest absolute Gasteiger partial charge is 0.248 e. The summed E-state index contributed by atoms with van der Waals surface area (Å²) in [5.74, 6) is -1.98. The number of nitrogens with two attached hydrogens (primary N) is 1. The van der Waals surface area contributed by atoms with Crippen LogP contribution in [0.5, 0.6) is 5.75 Å². The van der Waals surface area contributed by atoms with E-state index in [1.54, 1.807) is 18.2 Å². The molecule has 1 aliphatic carbocycles. The number of anilines is 1. The fourth-order valence-electron chi connectivity index (χ4n) is 2.54. The average Bonchev–Trinajstić information content (AvgIpc) is 2.40. The highest BCUT2D eigenvalue weighted by Gasteiger charge is 2.36. The number of benzene rings is 1. The number of ether oxygens (including phenoxy) is 1. The third kappa shape index (κ3) is 2.99. The van der Waals surface area contributed by atoms with Crippen LogP contribution in [-0.2, 0) is 11.2 Å². The van der Waals surface area contributed by atoms with Gasteiger partial charge in [0.1, 0.15) is 11.6 Å². The molecule has 1 atom stereocenters. The molecule has 0 aromatic heterocycles. The van der Waals surface area contributed by atoms with Crippen LogP contribution in [0.1, 0.15) is 31.2 Å². The number of nitrogens with one attached hydrogen (secondary N) is 1. The molecule has 0 amide bonds. The Morgan fingerprint density at radius 1 is 1.38 bits per heavy atom. The van der Waals surface area contributed by atoms with E-state index in [0.29, 0.717) is 29.8 Å². The van der Waals surface area contributed by atoms with Gasteiger partial charge in [0.25, 0.3) is 0 Å². The Kier molecular flexibility index (Phi) is 3.56.